The predicted octanol–water partition coefficient (Wildman–Crippen LogP) is 1.83. The molecule has 0 N–H and O–H groups in total. The summed E-state index contributed by atoms with van der Waals surface area (Å²) in [7, 11) is 1.42. The van der Waals surface area contributed by atoms with E-state index >= 15 is 0 Å². The highest BCUT2D eigenvalue weighted by Crippen LogP contribution is 2.33. The molecule has 18 heavy (non-hydrogen) atoms. The molecular weight excluding hydrogens is 254 g/mol. The Balaban J connectivity index is 2.20. The van der Waals surface area contributed by atoms with Crippen LogP contribution in [0.3, 0.4) is 0 Å². The van der Waals surface area contributed by atoms with Gasteiger partial charge in [0.15, 0.2) is 0 Å². The fraction of sp³-hybridized carbons (Fsp3) is 0.583. The Morgan fingerprint density at radius 3 is 2.89 bits per heavy atom. The van der Waals surface area contributed by atoms with Gasteiger partial charge in [0.25, 0.3) is 0 Å². The third-order valence-electron chi connectivity index (χ3n) is 3.27. The highest BCUT2D eigenvalue weighted by molar-refractivity contribution is 6.29. The zero-order valence-corrected chi connectivity index (χ0v) is 11.5. The molecule has 0 spiro atoms. The van der Waals surface area contributed by atoms with Crippen LogP contribution in [0.5, 0.6) is 0 Å². The minimum absolute atomic E-state index is 0.179. The second-order valence-electron chi connectivity index (χ2n) is 4.82. The van der Waals surface area contributed by atoms with Crippen molar-refractivity contribution in [1.82, 2.24) is 9.97 Å². The van der Waals surface area contributed by atoms with Gasteiger partial charge in [-0.25, -0.2) is 9.97 Å². The summed E-state index contributed by atoms with van der Waals surface area (Å²) in [6, 6.07) is 1.72. The third kappa shape index (κ3) is 2.41. The van der Waals surface area contributed by atoms with E-state index in [1.807, 2.05) is 11.8 Å². The number of carbonyl (C=O) groups excluding carboxylic acids is 1. The molecule has 98 valence electrons. The summed E-state index contributed by atoms with van der Waals surface area (Å²) in [6.45, 7) is 5.06. The quantitative estimate of drug-likeness (QED) is 0.606. The summed E-state index contributed by atoms with van der Waals surface area (Å²) in [6.07, 6.45) is 0.750. The summed E-state index contributed by atoms with van der Waals surface area (Å²) in [4.78, 5) is 22.2. The highest BCUT2D eigenvalue weighted by Gasteiger charge is 2.41. The molecule has 0 aliphatic carbocycles. The predicted molar refractivity (Wildman–Crippen MR) is 68.7 cm³/mol. The lowest BCUT2D eigenvalue weighted by molar-refractivity contribution is -0.150. The van der Waals surface area contributed by atoms with Gasteiger partial charge < -0.3 is 9.64 Å². The second kappa shape index (κ2) is 4.72. The zero-order chi connectivity index (χ0) is 13.3. The van der Waals surface area contributed by atoms with Gasteiger partial charge in [-0.05, 0) is 20.3 Å². The van der Waals surface area contributed by atoms with Crippen LogP contribution in [-0.4, -0.2) is 36.1 Å². The van der Waals surface area contributed by atoms with E-state index in [2.05, 4.69) is 9.97 Å². The van der Waals surface area contributed by atoms with Gasteiger partial charge in [0, 0.05) is 19.2 Å². The topological polar surface area (TPSA) is 55.3 Å². The molecule has 1 unspecified atom stereocenters. The number of hydrogen-bond acceptors (Lipinski definition) is 5. The maximum absolute atomic E-state index is 11.7. The molecule has 0 amide bonds. The van der Waals surface area contributed by atoms with E-state index in [1.54, 1.807) is 13.0 Å². The van der Waals surface area contributed by atoms with E-state index in [0.717, 1.165) is 18.8 Å². The minimum atomic E-state index is -0.472. The van der Waals surface area contributed by atoms with Crippen molar-refractivity contribution in [3.8, 4) is 0 Å². The smallest absolute Gasteiger partial charge is 0.313 e. The number of rotatable bonds is 2. The van der Waals surface area contributed by atoms with Gasteiger partial charge >= 0.3 is 5.97 Å². The number of esters is 1. The van der Waals surface area contributed by atoms with Crippen LogP contribution in [0, 0.1) is 12.3 Å². The van der Waals surface area contributed by atoms with Gasteiger partial charge in [0.1, 0.15) is 16.8 Å². The summed E-state index contributed by atoms with van der Waals surface area (Å²) in [5, 5.41) is 0.421. The van der Waals surface area contributed by atoms with Gasteiger partial charge in [-0.3, -0.25) is 4.79 Å². The molecule has 1 aliphatic rings. The van der Waals surface area contributed by atoms with Crippen LogP contribution >= 0.6 is 11.6 Å². The van der Waals surface area contributed by atoms with Crippen LogP contribution in [0.2, 0.25) is 5.15 Å². The molecule has 2 heterocycles. The Bertz CT molecular complexity index is 460. The highest BCUT2D eigenvalue weighted by atomic mass is 35.5. The molecule has 1 aromatic heterocycles. The first-order valence-electron chi connectivity index (χ1n) is 5.79. The van der Waals surface area contributed by atoms with Gasteiger partial charge in [0.05, 0.1) is 12.5 Å². The van der Waals surface area contributed by atoms with E-state index in [9.17, 15) is 4.79 Å². The van der Waals surface area contributed by atoms with E-state index in [4.69, 9.17) is 16.3 Å². The van der Waals surface area contributed by atoms with Crippen molar-refractivity contribution in [3.05, 3.63) is 17.0 Å². The molecule has 0 aromatic carbocycles. The van der Waals surface area contributed by atoms with Crippen LogP contribution in [0.1, 0.15) is 19.2 Å². The Morgan fingerprint density at radius 1 is 1.56 bits per heavy atom. The summed E-state index contributed by atoms with van der Waals surface area (Å²) >= 11 is 5.92. The zero-order valence-electron chi connectivity index (χ0n) is 10.7. The van der Waals surface area contributed by atoms with E-state index in [1.165, 1.54) is 7.11 Å². The maximum Gasteiger partial charge on any atom is 0.313 e. The number of methoxy groups -OCH3 is 1. The van der Waals surface area contributed by atoms with Gasteiger partial charge in [0.2, 0.25) is 0 Å². The lowest BCUT2D eigenvalue weighted by atomic mass is 9.90. The molecule has 1 saturated heterocycles. The van der Waals surface area contributed by atoms with Crippen LogP contribution in [0.25, 0.3) is 0 Å². The number of hydrogen-bond donors (Lipinski definition) is 0. The molecular formula is C12H16ClN3O2. The molecule has 0 saturated carbocycles. The van der Waals surface area contributed by atoms with Gasteiger partial charge in [-0.1, -0.05) is 11.6 Å². The lowest BCUT2D eigenvalue weighted by Crippen LogP contribution is -2.33. The van der Waals surface area contributed by atoms with Crippen LogP contribution < -0.4 is 4.90 Å². The average Bonchev–Trinajstić information content (AvgIpc) is 2.71. The molecule has 0 radical (unpaired) electrons. The monoisotopic (exact) mass is 269 g/mol. The van der Waals surface area contributed by atoms with Crippen LogP contribution in [0.4, 0.5) is 5.82 Å². The number of ether oxygens (including phenoxy) is 1. The third-order valence-corrected chi connectivity index (χ3v) is 3.46. The number of aromatic nitrogens is 2. The number of anilines is 1. The number of aryl methyl sites for hydroxylation is 1. The molecule has 2 rings (SSSR count). The molecule has 1 aromatic rings. The van der Waals surface area contributed by atoms with Gasteiger partial charge in [-0.15, -0.1) is 0 Å². The number of nitrogens with zero attached hydrogens (tertiary/aromatic N) is 3. The fourth-order valence-electron chi connectivity index (χ4n) is 2.25. The van der Waals surface area contributed by atoms with Crippen molar-refractivity contribution in [2.75, 3.05) is 25.1 Å². The molecule has 1 fully saturated rings. The van der Waals surface area contributed by atoms with Crippen molar-refractivity contribution in [2.24, 2.45) is 5.41 Å². The normalized spacial score (nSPS) is 23.2. The molecule has 1 aliphatic heterocycles. The van der Waals surface area contributed by atoms with Crippen molar-refractivity contribution >= 4 is 23.4 Å². The standard InChI is InChI=1S/C12H16ClN3O2/c1-8-14-9(13)6-10(15-8)16-5-4-12(2,7-16)11(17)18-3/h6H,4-5,7H2,1-3H3. The first-order chi connectivity index (χ1) is 8.44. The SMILES string of the molecule is COC(=O)C1(C)CCN(c2cc(Cl)nc(C)n2)C1. The van der Waals surface area contributed by atoms with Crippen LogP contribution in [-0.2, 0) is 9.53 Å². The minimum Gasteiger partial charge on any atom is -0.469 e. The number of carbonyl (C=O) groups is 1. The van der Waals surface area contributed by atoms with Crippen molar-refractivity contribution in [1.29, 1.82) is 0 Å². The maximum atomic E-state index is 11.7. The lowest BCUT2D eigenvalue weighted by Gasteiger charge is -2.22. The Labute approximate surface area is 111 Å². The van der Waals surface area contributed by atoms with E-state index in [-0.39, 0.29) is 5.97 Å². The van der Waals surface area contributed by atoms with Crippen molar-refractivity contribution in [2.45, 2.75) is 20.3 Å². The average molecular weight is 270 g/mol. The second-order valence-corrected chi connectivity index (χ2v) is 5.21. The van der Waals surface area contributed by atoms with Gasteiger partial charge in [-0.2, -0.15) is 0 Å². The summed E-state index contributed by atoms with van der Waals surface area (Å²) < 4.78 is 4.84. The van der Waals surface area contributed by atoms with E-state index < -0.39 is 5.41 Å². The largest absolute Gasteiger partial charge is 0.469 e. The summed E-state index contributed by atoms with van der Waals surface area (Å²) in [5.74, 6) is 1.21. The fourth-order valence-corrected chi connectivity index (χ4v) is 2.47. The first kappa shape index (κ1) is 13.1. The summed E-state index contributed by atoms with van der Waals surface area (Å²) in [5.41, 5.74) is -0.472. The van der Waals surface area contributed by atoms with Crippen LogP contribution in [0.15, 0.2) is 6.07 Å². The molecule has 0 bridgehead atoms. The van der Waals surface area contributed by atoms with Crippen molar-refractivity contribution in [3.63, 3.8) is 0 Å². The number of halogens is 1. The molecule has 5 nitrogen and oxygen atoms in total. The molecule has 1 atom stereocenters. The van der Waals surface area contributed by atoms with E-state index in [0.29, 0.717) is 17.5 Å². The van der Waals surface area contributed by atoms with Crippen molar-refractivity contribution < 1.29 is 9.53 Å². The Morgan fingerprint density at radius 2 is 2.28 bits per heavy atom. The first-order valence-corrected chi connectivity index (χ1v) is 6.17. The Kier molecular flexibility index (Phi) is 3.43. The Hall–Kier alpha value is -1.36. The molecule has 6 heteroatoms.